The average Bonchev–Trinajstić information content (AvgIpc) is 2.22. The van der Waals surface area contributed by atoms with Gasteiger partial charge in [-0.15, -0.1) is 0 Å². The molecule has 0 amide bonds. The predicted octanol–water partition coefficient (Wildman–Crippen LogP) is 3.33. The van der Waals surface area contributed by atoms with Crippen LogP contribution in [0, 0.1) is 5.82 Å². The second-order valence-electron chi connectivity index (χ2n) is 5.40. The monoisotopic (exact) mass is 221 g/mol. The lowest BCUT2D eigenvalue weighted by Crippen LogP contribution is -2.28. The highest BCUT2D eigenvalue weighted by Crippen LogP contribution is 2.44. The molecule has 0 fully saturated rings. The molecule has 0 aromatic heterocycles. The molecule has 0 aliphatic heterocycles. The SMILES string of the molecule is CC1(C)CCC(CCN)c2cccc(F)c21. The third-order valence-corrected chi connectivity index (χ3v) is 3.80. The maximum atomic E-state index is 13.9. The largest absolute Gasteiger partial charge is 0.330 e. The zero-order chi connectivity index (χ0) is 11.8. The molecule has 1 aliphatic rings. The lowest BCUT2D eigenvalue weighted by molar-refractivity contribution is 0.366. The number of benzene rings is 1. The van der Waals surface area contributed by atoms with Gasteiger partial charge in [0, 0.05) is 0 Å². The molecule has 0 saturated heterocycles. The van der Waals surface area contributed by atoms with E-state index in [2.05, 4.69) is 19.9 Å². The summed E-state index contributed by atoms with van der Waals surface area (Å²) in [6.07, 6.45) is 3.14. The number of fused-ring (bicyclic) bond motifs is 1. The van der Waals surface area contributed by atoms with E-state index >= 15 is 0 Å². The van der Waals surface area contributed by atoms with E-state index in [1.807, 2.05) is 6.07 Å². The fourth-order valence-electron chi connectivity index (χ4n) is 2.91. The number of nitrogens with two attached hydrogens (primary N) is 1. The highest BCUT2D eigenvalue weighted by molar-refractivity contribution is 5.39. The number of hydrogen-bond donors (Lipinski definition) is 1. The average molecular weight is 221 g/mol. The van der Waals surface area contributed by atoms with Gasteiger partial charge >= 0.3 is 0 Å². The van der Waals surface area contributed by atoms with E-state index in [1.165, 1.54) is 5.56 Å². The fraction of sp³-hybridized carbons (Fsp3) is 0.571. The van der Waals surface area contributed by atoms with Gasteiger partial charge in [0.2, 0.25) is 0 Å². The number of hydrogen-bond acceptors (Lipinski definition) is 1. The molecular formula is C14H20FN. The van der Waals surface area contributed by atoms with E-state index in [0.717, 1.165) is 24.8 Å². The summed E-state index contributed by atoms with van der Waals surface area (Å²) in [5.41, 5.74) is 7.69. The first-order valence-corrected chi connectivity index (χ1v) is 6.05. The van der Waals surface area contributed by atoms with Gasteiger partial charge in [0.05, 0.1) is 0 Å². The van der Waals surface area contributed by atoms with Gasteiger partial charge in [0.15, 0.2) is 0 Å². The Labute approximate surface area is 96.9 Å². The Balaban J connectivity index is 2.49. The van der Waals surface area contributed by atoms with Crippen molar-refractivity contribution in [1.82, 2.24) is 0 Å². The van der Waals surface area contributed by atoms with Crippen LogP contribution in [0.5, 0.6) is 0 Å². The Morgan fingerprint density at radius 1 is 1.44 bits per heavy atom. The second-order valence-corrected chi connectivity index (χ2v) is 5.40. The van der Waals surface area contributed by atoms with Crippen molar-refractivity contribution in [2.24, 2.45) is 5.73 Å². The summed E-state index contributed by atoms with van der Waals surface area (Å²) in [6.45, 7) is 4.95. The van der Waals surface area contributed by atoms with Crippen molar-refractivity contribution in [3.05, 3.63) is 35.1 Å². The Bertz CT molecular complexity index is 384. The Morgan fingerprint density at radius 3 is 2.88 bits per heavy atom. The Kier molecular flexibility index (Phi) is 3.02. The van der Waals surface area contributed by atoms with E-state index in [4.69, 9.17) is 5.73 Å². The van der Waals surface area contributed by atoms with Gasteiger partial charge in [-0.1, -0.05) is 26.0 Å². The summed E-state index contributed by atoms with van der Waals surface area (Å²) in [7, 11) is 0. The van der Waals surface area contributed by atoms with Gasteiger partial charge in [0.25, 0.3) is 0 Å². The minimum Gasteiger partial charge on any atom is -0.330 e. The molecule has 88 valence electrons. The summed E-state index contributed by atoms with van der Waals surface area (Å²) in [5, 5.41) is 0. The van der Waals surface area contributed by atoms with Gasteiger partial charge in [-0.25, -0.2) is 4.39 Å². The predicted molar refractivity (Wildman–Crippen MR) is 65.1 cm³/mol. The molecule has 0 spiro atoms. The molecule has 1 aromatic carbocycles. The summed E-state index contributed by atoms with van der Waals surface area (Å²) < 4.78 is 13.9. The zero-order valence-corrected chi connectivity index (χ0v) is 10.1. The van der Waals surface area contributed by atoms with Crippen LogP contribution < -0.4 is 5.73 Å². The maximum absolute atomic E-state index is 13.9. The van der Waals surface area contributed by atoms with Crippen molar-refractivity contribution >= 4 is 0 Å². The minimum atomic E-state index is -0.0516. The topological polar surface area (TPSA) is 26.0 Å². The first-order chi connectivity index (χ1) is 7.56. The lowest BCUT2D eigenvalue weighted by atomic mass is 9.68. The van der Waals surface area contributed by atoms with E-state index < -0.39 is 0 Å². The van der Waals surface area contributed by atoms with Crippen LogP contribution >= 0.6 is 0 Å². The highest BCUT2D eigenvalue weighted by Gasteiger charge is 2.34. The molecule has 0 saturated carbocycles. The molecule has 2 heteroatoms. The summed E-state index contributed by atoms with van der Waals surface area (Å²) >= 11 is 0. The lowest BCUT2D eigenvalue weighted by Gasteiger charge is -2.37. The van der Waals surface area contributed by atoms with Crippen molar-refractivity contribution in [2.45, 2.75) is 44.4 Å². The van der Waals surface area contributed by atoms with Crippen molar-refractivity contribution in [3.8, 4) is 0 Å². The van der Waals surface area contributed by atoms with Crippen LogP contribution in [0.15, 0.2) is 18.2 Å². The van der Waals surface area contributed by atoms with E-state index in [1.54, 1.807) is 6.07 Å². The van der Waals surface area contributed by atoms with Gasteiger partial charge < -0.3 is 5.73 Å². The van der Waals surface area contributed by atoms with Crippen LogP contribution in [-0.4, -0.2) is 6.54 Å². The second kappa shape index (κ2) is 4.17. The Morgan fingerprint density at radius 2 is 2.19 bits per heavy atom. The molecule has 1 unspecified atom stereocenters. The van der Waals surface area contributed by atoms with Gasteiger partial charge in [-0.3, -0.25) is 0 Å². The van der Waals surface area contributed by atoms with Crippen LogP contribution in [0.4, 0.5) is 4.39 Å². The molecule has 16 heavy (non-hydrogen) atoms. The van der Waals surface area contributed by atoms with Gasteiger partial charge in [-0.2, -0.15) is 0 Å². The molecule has 1 nitrogen and oxygen atoms in total. The quantitative estimate of drug-likeness (QED) is 0.814. The minimum absolute atomic E-state index is 0.0359. The molecule has 1 atom stereocenters. The van der Waals surface area contributed by atoms with Crippen molar-refractivity contribution in [3.63, 3.8) is 0 Å². The molecule has 0 heterocycles. The van der Waals surface area contributed by atoms with Crippen LogP contribution in [0.1, 0.15) is 50.2 Å². The third kappa shape index (κ3) is 1.86. The van der Waals surface area contributed by atoms with Crippen molar-refractivity contribution in [1.29, 1.82) is 0 Å². The summed E-state index contributed by atoms with van der Waals surface area (Å²) in [6, 6.07) is 5.46. The van der Waals surface area contributed by atoms with Crippen molar-refractivity contribution in [2.75, 3.05) is 6.54 Å². The molecule has 2 N–H and O–H groups in total. The standard InChI is InChI=1S/C14H20FN/c1-14(2)8-6-10(7-9-16)11-4-3-5-12(15)13(11)14/h3-5,10H,6-9,16H2,1-2H3. The van der Waals surface area contributed by atoms with E-state index in [-0.39, 0.29) is 11.2 Å². The molecule has 0 bridgehead atoms. The summed E-state index contributed by atoms with van der Waals surface area (Å²) in [5.74, 6) is 0.396. The van der Waals surface area contributed by atoms with Crippen LogP contribution in [0.25, 0.3) is 0 Å². The van der Waals surface area contributed by atoms with E-state index in [0.29, 0.717) is 12.5 Å². The first-order valence-electron chi connectivity index (χ1n) is 6.05. The zero-order valence-electron chi connectivity index (χ0n) is 10.1. The molecular weight excluding hydrogens is 201 g/mol. The van der Waals surface area contributed by atoms with Crippen LogP contribution in [0.2, 0.25) is 0 Å². The van der Waals surface area contributed by atoms with Gasteiger partial charge in [-0.05, 0) is 54.3 Å². The maximum Gasteiger partial charge on any atom is 0.127 e. The normalized spacial score (nSPS) is 22.9. The molecule has 1 aromatic rings. The fourth-order valence-corrected chi connectivity index (χ4v) is 2.91. The van der Waals surface area contributed by atoms with Crippen LogP contribution in [0.3, 0.4) is 0 Å². The smallest absolute Gasteiger partial charge is 0.127 e. The Hall–Kier alpha value is -0.890. The number of rotatable bonds is 2. The molecule has 0 radical (unpaired) electrons. The summed E-state index contributed by atoms with van der Waals surface area (Å²) in [4.78, 5) is 0. The molecule has 2 rings (SSSR count). The van der Waals surface area contributed by atoms with Gasteiger partial charge in [0.1, 0.15) is 5.82 Å². The first kappa shape index (κ1) is 11.6. The highest BCUT2D eigenvalue weighted by atomic mass is 19.1. The van der Waals surface area contributed by atoms with Crippen LogP contribution in [-0.2, 0) is 5.41 Å². The number of halogens is 1. The third-order valence-electron chi connectivity index (χ3n) is 3.80. The van der Waals surface area contributed by atoms with Crippen molar-refractivity contribution < 1.29 is 4.39 Å². The van der Waals surface area contributed by atoms with E-state index in [9.17, 15) is 4.39 Å². The molecule has 1 aliphatic carbocycles.